The number of anilines is 1. The van der Waals surface area contributed by atoms with Crippen LogP contribution in [0.15, 0.2) is 30.5 Å². The molecule has 1 amide bonds. The summed E-state index contributed by atoms with van der Waals surface area (Å²) in [6, 6.07) is 7.29. The normalized spacial score (nSPS) is 12.2. The number of rotatable bonds is 8. The SMILES string of the molecule is CCc1c(C(=O)Nc2ccc(CC(C)C(=O)O)cc2)cnn1CC(C)C. The van der Waals surface area contributed by atoms with Crippen molar-refractivity contribution in [3.8, 4) is 0 Å². The number of amides is 1. The molecule has 26 heavy (non-hydrogen) atoms. The monoisotopic (exact) mass is 357 g/mol. The molecule has 6 heteroatoms. The largest absolute Gasteiger partial charge is 0.481 e. The summed E-state index contributed by atoms with van der Waals surface area (Å²) in [5.74, 6) is -0.970. The van der Waals surface area contributed by atoms with Crippen molar-refractivity contribution in [2.45, 2.75) is 47.1 Å². The van der Waals surface area contributed by atoms with Gasteiger partial charge in [-0.15, -0.1) is 0 Å². The molecular weight excluding hydrogens is 330 g/mol. The number of nitrogens with one attached hydrogen (secondary N) is 1. The maximum atomic E-state index is 12.6. The summed E-state index contributed by atoms with van der Waals surface area (Å²) in [6.07, 6.45) is 2.83. The molecule has 1 atom stereocenters. The second kappa shape index (κ2) is 8.65. The van der Waals surface area contributed by atoms with Gasteiger partial charge in [0, 0.05) is 12.2 Å². The molecule has 0 aliphatic rings. The van der Waals surface area contributed by atoms with E-state index in [0.29, 0.717) is 23.6 Å². The summed E-state index contributed by atoms with van der Waals surface area (Å²) < 4.78 is 1.90. The Kier molecular flexibility index (Phi) is 6.55. The van der Waals surface area contributed by atoms with E-state index in [0.717, 1.165) is 24.2 Å². The molecule has 0 fully saturated rings. The third kappa shape index (κ3) is 4.94. The van der Waals surface area contributed by atoms with Crippen molar-refractivity contribution in [1.82, 2.24) is 9.78 Å². The van der Waals surface area contributed by atoms with E-state index >= 15 is 0 Å². The van der Waals surface area contributed by atoms with E-state index in [1.807, 2.05) is 23.7 Å². The second-order valence-electron chi connectivity index (χ2n) is 7.03. The Morgan fingerprint density at radius 2 is 1.85 bits per heavy atom. The first-order valence-corrected chi connectivity index (χ1v) is 8.99. The van der Waals surface area contributed by atoms with Crippen LogP contribution in [0.4, 0.5) is 5.69 Å². The summed E-state index contributed by atoms with van der Waals surface area (Å²) in [5.41, 5.74) is 3.14. The van der Waals surface area contributed by atoms with E-state index < -0.39 is 11.9 Å². The smallest absolute Gasteiger partial charge is 0.306 e. The molecular formula is C20H27N3O3. The van der Waals surface area contributed by atoms with Gasteiger partial charge in [0.25, 0.3) is 5.91 Å². The van der Waals surface area contributed by atoms with Crippen LogP contribution in [0, 0.1) is 11.8 Å². The van der Waals surface area contributed by atoms with Crippen LogP contribution in [0.3, 0.4) is 0 Å². The summed E-state index contributed by atoms with van der Waals surface area (Å²) >= 11 is 0. The first kappa shape index (κ1) is 19.7. The van der Waals surface area contributed by atoms with Crippen molar-refractivity contribution in [2.24, 2.45) is 11.8 Å². The van der Waals surface area contributed by atoms with Crippen molar-refractivity contribution in [3.63, 3.8) is 0 Å². The molecule has 6 nitrogen and oxygen atoms in total. The molecule has 0 spiro atoms. The van der Waals surface area contributed by atoms with Gasteiger partial charge in [0.1, 0.15) is 0 Å². The molecule has 1 heterocycles. The molecule has 1 aromatic carbocycles. The molecule has 0 saturated carbocycles. The van der Waals surface area contributed by atoms with Crippen LogP contribution in [0.2, 0.25) is 0 Å². The Bertz CT molecular complexity index is 763. The van der Waals surface area contributed by atoms with Gasteiger partial charge in [-0.2, -0.15) is 5.10 Å². The van der Waals surface area contributed by atoms with Crippen LogP contribution < -0.4 is 5.32 Å². The van der Waals surface area contributed by atoms with Gasteiger partial charge in [-0.1, -0.05) is 39.8 Å². The van der Waals surface area contributed by atoms with Gasteiger partial charge in [-0.3, -0.25) is 14.3 Å². The van der Waals surface area contributed by atoms with Gasteiger partial charge < -0.3 is 10.4 Å². The Morgan fingerprint density at radius 3 is 2.38 bits per heavy atom. The lowest BCUT2D eigenvalue weighted by Crippen LogP contribution is -2.16. The maximum Gasteiger partial charge on any atom is 0.306 e. The lowest BCUT2D eigenvalue weighted by Gasteiger charge is -2.11. The van der Waals surface area contributed by atoms with Crippen LogP contribution in [-0.2, 0) is 24.2 Å². The van der Waals surface area contributed by atoms with Gasteiger partial charge in [-0.05, 0) is 36.5 Å². The predicted molar refractivity (Wildman–Crippen MR) is 101 cm³/mol. The number of carboxylic acids is 1. The minimum atomic E-state index is -0.812. The van der Waals surface area contributed by atoms with Crippen LogP contribution in [-0.4, -0.2) is 26.8 Å². The van der Waals surface area contributed by atoms with Gasteiger partial charge in [0.05, 0.1) is 23.4 Å². The molecule has 0 aliphatic heterocycles. The van der Waals surface area contributed by atoms with Gasteiger partial charge in [0.15, 0.2) is 0 Å². The van der Waals surface area contributed by atoms with Gasteiger partial charge >= 0.3 is 5.97 Å². The highest BCUT2D eigenvalue weighted by atomic mass is 16.4. The molecule has 2 aromatic rings. The Labute approximate surface area is 154 Å². The highest BCUT2D eigenvalue weighted by Crippen LogP contribution is 2.17. The standard InChI is InChI=1S/C20H27N3O3/c1-5-18-17(11-21-23(18)12-13(2)3)19(24)22-16-8-6-15(7-9-16)10-14(4)20(25)26/h6-9,11,13-14H,5,10,12H2,1-4H3,(H,22,24)(H,25,26). The van der Waals surface area contributed by atoms with Crippen LogP contribution >= 0.6 is 0 Å². The summed E-state index contributed by atoms with van der Waals surface area (Å²) in [7, 11) is 0. The average Bonchev–Trinajstić information content (AvgIpc) is 2.98. The highest BCUT2D eigenvalue weighted by Gasteiger charge is 2.17. The zero-order chi connectivity index (χ0) is 19.3. The van der Waals surface area contributed by atoms with Crippen LogP contribution in [0.1, 0.15) is 49.3 Å². The molecule has 0 bridgehead atoms. The highest BCUT2D eigenvalue weighted by molar-refractivity contribution is 6.04. The maximum absolute atomic E-state index is 12.6. The topological polar surface area (TPSA) is 84.2 Å². The van der Waals surface area contributed by atoms with E-state index in [4.69, 9.17) is 5.11 Å². The number of hydrogen-bond donors (Lipinski definition) is 2. The van der Waals surface area contributed by atoms with Crippen molar-refractivity contribution in [1.29, 1.82) is 0 Å². The van der Waals surface area contributed by atoms with E-state index in [1.54, 1.807) is 25.3 Å². The number of carbonyl (C=O) groups is 2. The van der Waals surface area contributed by atoms with Gasteiger partial charge in [0.2, 0.25) is 0 Å². The molecule has 2 rings (SSSR count). The molecule has 1 aromatic heterocycles. The minimum absolute atomic E-state index is 0.177. The minimum Gasteiger partial charge on any atom is -0.481 e. The number of nitrogens with zero attached hydrogens (tertiary/aromatic N) is 2. The van der Waals surface area contributed by atoms with E-state index in [-0.39, 0.29) is 5.91 Å². The van der Waals surface area contributed by atoms with E-state index in [1.165, 1.54) is 0 Å². The molecule has 2 N–H and O–H groups in total. The Hall–Kier alpha value is -2.63. The zero-order valence-corrected chi connectivity index (χ0v) is 15.8. The summed E-state index contributed by atoms with van der Waals surface area (Å²) in [6.45, 7) is 8.72. The third-order valence-corrected chi connectivity index (χ3v) is 4.24. The van der Waals surface area contributed by atoms with E-state index in [9.17, 15) is 9.59 Å². The lowest BCUT2D eigenvalue weighted by atomic mass is 10.0. The first-order valence-electron chi connectivity index (χ1n) is 8.99. The van der Waals surface area contributed by atoms with Crippen LogP contribution in [0.5, 0.6) is 0 Å². The number of aliphatic carboxylic acids is 1. The average molecular weight is 357 g/mol. The van der Waals surface area contributed by atoms with Crippen LogP contribution in [0.25, 0.3) is 0 Å². The zero-order valence-electron chi connectivity index (χ0n) is 15.8. The van der Waals surface area contributed by atoms with Crippen molar-refractivity contribution < 1.29 is 14.7 Å². The van der Waals surface area contributed by atoms with Crippen molar-refractivity contribution in [2.75, 3.05) is 5.32 Å². The predicted octanol–water partition coefficient (Wildman–Crippen LogP) is 3.62. The lowest BCUT2D eigenvalue weighted by molar-refractivity contribution is -0.141. The Balaban J connectivity index is 2.08. The quantitative estimate of drug-likeness (QED) is 0.756. The number of hydrogen-bond acceptors (Lipinski definition) is 3. The molecule has 0 aliphatic carbocycles. The number of benzene rings is 1. The third-order valence-electron chi connectivity index (χ3n) is 4.24. The molecule has 0 radical (unpaired) electrons. The number of carbonyl (C=O) groups excluding carboxylic acids is 1. The summed E-state index contributed by atoms with van der Waals surface area (Å²) in [5, 5.41) is 16.2. The number of aromatic nitrogens is 2. The molecule has 1 unspecified atom stereocenters. The second-order valence-corrected chi connectivity index (χ2v) is 7.03. The van der Waals surface area contributed by atoms with E-state index in [2.05, 4.69) is 24.3 Å². The number of carboxylic acid groups (broad SMARTS) is 1. The Morgan fingerprint density at radius 1 is 1.19 bits per heavy atom. The first-order chi connectivity index (χ1) is 12.3. The van der Waals surface area contributed by atoms with Crippen molar-refractivity contribution in [3.05, 3.63) is 47.3 Å². The summed E-state index contributed by atoms with van der Waals surface area (Å²) in [4.78, 5) is 23.5. The molecule has 0 saturated heterocycles. The fourth-order valence-corrected chi connectivity index (χ4v) is 2.84. The molecule has 140 valence electrons. The fraction of sp³-hybridized carbons (Fsp3) is 0.450. The van der Waals surface area contributed by atoms with Gasteiger partial charge in [-0.25, -0.2) is 0 Å². The van der Waals surface area contributed by atoms with Crippen molar-refractivity contribution >= 4 is 17.6 Å². The fourth-order valence-electron chi connectivity index (χ4n) is 2.84.